The van der Waals surface area contributed by atoms with Crippen LogP contribution in [0.15, 0.2) is 67.4 Å². The first-order valence-corrected chi connectivity index (χ1v) is 9.31. The molecule has 0 bridgehead atoms. The minimum absolute atomic E-state index is 0.0189. The first-order valence-electron chi connectivity index (χ1n) is 9.31. The average molecular weight is 413 g/mol. The number of pyridine rings is 1. The van der Waals surface area contributed by atoms with Gasteiger partial charge in [0.15, 0.2) is 5.65 Å². The Kier molecular flexibility index (Phi) is 4.36. The number of hydrogen-bond donors (Lipinski definition) is 1. The maximum Gasteiger partial charge on any atom is 0.270 e. The van der Waals surface area contributed by atoms with Crippen LogP contribution in [0.1, 0.15) is 5.56 Å². The Morgan fingerprint density at radius 1 is 1.03 bits per heavy atom. The van der Waals surface area contributed by atoms with E-state index < -0.39 is 4.92 Å². The summed E-state index contributed by atoms with van der Waals surface area (Å²) in [4.78, 5) is 23.2. The van der Waals surface area contributed by atoms with E-state index in [9.17, 15) is 10.1 Å². The molecule has 3 aromatic heterocycles. The van der Waals surface area contributed by atoms with Crippen molar-refractivity contribution >= 4 is 33.7 Å². The molecule has 152 valence electrons. The van der Waals surface area contributed by atoms with Crippen molar-refractivity contribution in [2.45, 2.75) is 6.92 Å². The third kappa shape index (κ3) is 3.57. The second-order valence-corrected chi connectivity index (χ2v) is 6.82. The van der Waals surface area contributed by atoms with Crippen LogP contribution >= 0.6 is 0 Å². The highest BCUT2D eigenvalue weighted by molar-refractivity contribution is 5.92. The fourth-order valence-electron chi connectivity index (χ4n) is 3.22. The van der Waals surface area contributed by atoms with E-state index >= 15 is 0 Å². The van der Waals surface area contributed by atoms with Gasteiger partial charge in [-0.25, -0.2) is 19.5 Å². The molecule has 0 radical (unpaired) electrons. The van der Waals surface area contributed by atoms with Crippen molar-refractivity contribution in [1.29, 1.82) is 0 Å². The zero-order chi connectivity index (χ0) is 21.4. The molecule has 10 nitrogen and oxygen atoms in total. The number of nitrogens with zero attached hydrogens (tertiary/aromatic N) is 6. The predicted molar refractivity (Wildman–Crippen MR) is 114 cm³/mol. The minimum Gasteiger partial charge on any atom is -0.455 e. The van der Waals surface area contributed by atoms with Crippen LogP contribution in [-0.4, -0.2) is 29.5 Å². The number of nitrogens with one attached hydrogen (secondary N) is 1. The van der Waals surface area contributed by atoms with E-state index in [4.69, 9.17) is 4.74 Å². The summed E-state index contributed by atoms with van der Waals surface area (Å²) >= 11 is 0. The lowest BCUT2D eigenvalue weighted by Gasteiger charge is -2.12. The predicted octanol–water partition coefficient (Wildman–Crippen LogP) is 4.43. The summed E-state index contributed by atoms with van der Waals surface area (Å²) in [5.41, 5.74) is 3.00. The van der Waals surface area contributed by atoms with Crippen molar-refractivity contribution in [3.05, 3.63) is 83.1 Å². The van der Waals surface area contributed by atoms with Crippen LogP contribution in [0.4, 0.5) is 17.2 Å². The summed E-state index contributed by atoms with van der Waals surface area (Å²) in [6.45, 7) is 1.93. The Balaban J connectivity index is 1.42. The lowest BCUT2D eigenvalue weighted by atomic mass is 10.1. The maximum atomic E-state index is 11.1. The summed E-state index contributed by atoms with van der Waals surface area (Å²) in [6, 6.07) is 13.7. The highest BCUT2D eigenvalue weighted by Gasteiger charge is 2.12. The van der Waals surface area contributed by atoms with Crippen LogP contribution in [0.2, 0.25) is 0 Å². The van der Waals surface area contributed by atoms with E-state index in [2.05, 4.69) is 25.4 Å². The summed E-state index contributed by atoms with van der Waals surface area (Å²) in [5, 5.41) is 19.0. The molecule has 2 aromatic carbocycles. The molecule has 0 atom stereocenters. The van der Waals surface area contributed by atoms with Crippen molar-refractivity contribution in [2.75, 3.05) is 5.32 Å². The Bertz CT molecular complexity index is 1450. The first kappa shape index (κ1) is 18.4. The van der Waals surface area contributed by atoms with Crippen molar-refractivity contribution in [1.82, 2.24) is 24.6 Å². The van der Waals surface area contributed by atoms with Gasteiger partial charge < -0.3 is 10.1 Å². The third-order valence-corrected chi connectivity index (χ3v) is 4.74. The first-order chi connectivity index (χ1) is 15.1. The number of benzene rings is 2. The number of hydrogen-bond acceptors (Lipinski definition) is 8. The standard InChI is InChI=1S/C21H15N7O3/c1-13-8-14(2-6-19(13)31-16-4-7-20-23-12-25-27(20)10-16)26-21-17-9-15(28(29)30)3-5-18(17)22-11-24-21/h2-12H,1H3,(H,22,24,26). The van der Waals surface area contributed by atoms with Gasteiger partial charge in [-0.3, -0.25) is 10.1 Å². The molecule has 0 spiro atoms. The van der Waals surface area contributed by atoms with Gasteiger partial charge in [-0.15, -0.1) is 0 Å². The van der Waals surface area contributed by atoms with Gasteiger partial charge >= 0.3 is 0 Å². The number of nitro benzene ring substituents is 1. The van der Waals surface area contributed by atoms with Crippen molar-refractivity contribution in [3.63, 3.8) is 0 Å². The van der Waals surface area contributed by atoms with Gasteiger partial charge in [0.2, 0.25) is 0 Å². The Labute approximate surface area is 175 Å². The van der Waals surface area contributed by atoms with E-state index in [0.29, 0.717) is 28.2 Å². The molecule has 0 aliphatic rings. The van der Waals surface area contributed by atoms with E-state index in [1.807, 2.05) is 37.3 Å². The van der Waals surface area contributed by atoms with Gasteiger partial charge in [0, 0.05) is 23.2 Å². The minimum atomic E-state index is -0.441. The Morgan fingerprint density at radius 3 is 2.77 bits per heavy atom. The van der Waals surface area contributed by atoms with E-state index in [1.54, 1.807) is 16.8 Å². The van der Waals surface area contributed by atoms with E-state index in [0.717, 1.165) is 16.9 Å². The molecule has 3 heterocycles. The monoisotopic (exact) mass is 413 g/mol. The molecule has 5 aromatic rings. The number of rotatable bonds is 5. The molecule has 0 fully saturated rings. The van der Waals surface area contributed by atoms with E-state index in [1.165, 1.54) is 24.8 Å². The van der Waals surface area contributed by atoms with Crippen LogP contribution in [0.3, 0.4) is 0 Å². The lowest BCUT2D eigenvalue weighted by Crippen LogP contribution is -1.98. The maximum absolute atomic E-state index is 11.1. The number of fused-ring (bicyclic) bond motifs is 2. The van der Waals surface area contributed by atoms with Crippen LogP contribution in [0.5, 0.6) is 11.5 Å². The number of non-ortho nitro benzene ring substituents is 1. The summed E-state index contributed by atoms with van der Waals surface area (Å²) in [6.07, 6.45) is 4.66. The van der Waals surface area contributed by atoms with Crippen molar-refractivity contribution in [2.24, 2.45) is 0 Å². The normalized spacial score (nSPS) is 11.0. The van der Waals surface area contributed by atoms with Crippen LogP contribution in [0.25, 0.3) is 16.6 Å². The SMILES string of the molecule is Cc1cc(Nc2ncnc3ccc([N+](=O)[O-])cc23)ccc1Oc1ccc2ncnn2c1. The molecule has 1 N–H and O–H groups in total. The molecule has 0 saturated carbocycles. The second kappa shape index (κ2) is 7.34. The van der Waals surface area contributed by atoms with Gasteiger partial charge in [0.25, 0.3) is 5.69 Å². The number of nitro groups is 1. The molecular formula is C21H15N7O3. The molecule has 0 saturated heterocycles. The number of anilines is 2. The molecule has 0 amide bonds. The molecule has 0 aliphatic heterocycles. The summed E-state index contributed by atoms with van der Waals surface area (Å²) in [7, 11) is 0. The molecule has 0 aliphatic carbocycles. The highest BCUT2D eigenvalue weighted by Crippen LogP contribution is 2.30. The van der Waals surface area contributed by atoms with Crippen LogP contribution in [0, 0.1) is 17.0 Å². The van der Waals surface area contributed by atoms with Crippen molar-refractivity contribution in [3.8, 4) is 11.5 Å². The topological polar surface area (TPSA) is 120 Å². The molecule has 5 rings (SSSR count). The van der Waals surface area contributed by atoms with E-state index in [-0.39, 0.29) is 5.69 Å². The molecule has 31 heavy (non-hydrogen) atoms. The van der Waals surface area contributed by atoms with Gasteiger partial charge in [-0.05, 0) is 48.9 Å². The Hall–Kier alpha value is -4.60. The number of ether oxygens (including phenoxy) is 1. The highest BCUT2D eigenvalue weighted by atomic mass is 16.6. The van der Waals surface area contributed by atoms with Gasteiger partial charge in [-0.1, -0.05) is 0 Å². The second-order valence-electron chi connectivity index (χ2n) is 6.82. The van der Waals surface area contributed by atoms with Crippen LogP contribution in [-0.2, 0) is 0 Å². The third-order valence-electron chi connectivity index (χ3n) is 4.74. The quantitative estimate of drug-likeness (QED) is 0.332. The molecule has 10 heteroatoms. The Morgan fingerprint density at radius 2 is 1.94 bits per heavy atom. The molecular weight excluding hydrogens is 398 g/mol. The lowest BCUT2D eigenvalue weighted by molar-refractivity contribution is -0.384. The van der Waals surface area contributed by atoms with Gasteiger partial charge in [0.05, 0.1) is 16.6 Å². The molecule has 0 unspecified atom stereocenters. The number of aromatic nitrogens is 5. The average Bonchev–Trinajstić information content (AvgIpc) is 3.23. The largest absolute Gasteiger partial charge is 0.455 e. The zero-order valence-corrected chi connectivity index (χ0v) is 16.3. The van der Waals surface area contributed by atoms with Gasteiger partial charge in [-0.2, -0.15) is 5.10 Å². The fourth-order valence-corrected chi connectivity index (χ4v) is 3.22. The smallest absolute Gasteiger partial charge is 0.270 e. The van der Waals surface area contributed by atoms with Crippen molar-refractivity contribution < 1.29 is 9.66 Å². The summed E-state index contributed by atoms with van der Waals surface area (Å²) in [5.74, 6) is 1.81. The van der Waals surface area contributed by atoms with Gasteiger partial charge in [0.1, 0.15) is 30.0 Å². The van der Waals surface area contributed by atoms with Crippen LogP contribution < -0.4 is 10.1 Å². The fraction of sp³-hybridized carbons (Fsp3) is 0.0476. The zero-order valence-electron chi connectivity index (χ0n) is 16.3. The number of aryl methyl sites for hydroxylation is 1. The summed E-state index contributed by atoms with van der Waals surface area (Å²) < 4.78 is 7.63.